The minimum absolute atomic E-state index is 0.250. The van der Waals surface area contributed by atoms with E-state index in [1.807, 2.05) is 36.4 Å². The molecule has 0 unspecified atom stereocenters. The molecule has 32 heavy (non-hydrogen) atoms. The molecule has 1 N–H and O–H groups in total. The summed E-state index contributed by atoms with van der Waals surface area (Å²) in [6.45, 7) is 4.82. The van der Waals surface area contributed by atoms with Crippen molar-refractivity contribution in [3.05, 3.63) is 60.7 Å². The van der Waals surface area contributed by atoms with E-state index in [0.29, 0.717) is 11.5 Å². The van der Waals surface area contributed by atoms with Crippen LogP contribution in [-0.4, -0.2) is 70.6 Å². The van der Waals surface area contributed by atoms with Gasteiger partial charge in [0.15, 0.2) is 9.84 Å². The van der Waals surface area contributed by atoms with Crippen LogP contribution in [0.2, 0.25) is 0 Å². The Hall–Kier alpha value is -2.94. The van der Waals surface area contributed by atoms with Crippen LogP contribution in [0.4, 0.5) is 0 Å². The molecule has 3 aromatic carbocycles. The van der Waals surface area contributed by atoms with Crippen LogP contribution in [0.25, 0.3) is 21.9 Å². The minimum atomic E-state index is -3.23. The fourth-order valence-corrected chi connectivity index (χ4v) is 4.18. The van der Waals surface area contributed by atoms with Crippen molar-refractivity contribution in [1.29, 1.82) is 0 Å². The van der Waals surface area contributed by atoms with Gasteiger partial charge in [-0.15, -0.1) is 0 Å². The summed E-state index contributed by atoms with van der Waals surface area (Å²) in [6.07, 6.45) is 1.23. The Morgan fingerprint density at radius 1 is 1.00 bits per heavy atom. The van der Waals surface area contributed by atoms with E-state index in [4.69, 9.17) is 19.4 Å². The second-order valence-corrected chi connectivity index (χ2v) is 9.45. The van der Waals surface area contributed by atoms with Crippen molar-refractivity contribution in [3.8, 4) is 16.9 Å². The Morgan fingerprint density at radius 2 is 1.66 bits per heavy atom. The van der Waals surface area contributed by atoms with Crippen molar-refractivity contribution in [1.82, 2.24) is 4.90 Å². The van der Waals surface area contributed by atoms with Crippen LogP contribution in [0.15, 0.2) is 65.6 Å². The molecule has 0 atom stereocenters. The first-order valence-corrected chi connectivity index (χ1v) is 12.1. The molecule has 1 heterocycles. The number of carboxylic acid groups (broad SMARTS) is 1. The Kier molecular flexibility index (Phi) is 8.21. The van der Waals surface area contributed by atoms with Gasteiger partial charge in [0.05, 0.1) is 18.1 Å². The SMILES string of the molecule is CS(=O)(=O)c1cccc(-c2ccc3cc(OCCN4CCOCC4)ccc3c2)c1.O=CO. The maximum atomic E-state index is 11.8. The fraction of sp³-hybridized carbons (Fsp3) is 0.292. The molecule has 7 nitrogen and oxygen atoms in total. The Balaban J connectivity index is 0.000000913. The molecule has 1 aliphatic rings. The second-order valence-electron chi connectivity index (χ2n) is 7.43. The van der Waals surface area contributed by atoms with Gasteiger partial charge in [0.2, 0.25) is 0 Å². The highest BCUT2D eigenvalue weighted by atomic mass is 32.2. The lowest BCUT2D eigenvalue weighted by atomic mass is 10.0. The van der Waals surface area contributed by atoms with Crippen molar-refractivity contribution in [2.24, 2.45) is 0 Å². The molecule has 170 valence electrons. The van der Waals surface area contributed by atoms with E-state index in [9.17, 15) is 8.42 Å². The van der Waals surface area contributed by atoms with Gasteiger partial charge in [0, 0.05) is 25.9 Å². The number of morpholine rings is 1. The summed E-state index contributed by atoms with van der Waals surface area (Å²) in [7, 11) is -3.23. The quantitative estimate of drug-likeness (QED) is 0.568. The van der Waals surface area contributed by atoms with Crippen molar-refractivity contribution >= 4 is 27.1 Å². The van der Waals surface area contributed by atoms with Crippen LogP contribution in [0.3, 0.4) is 0 Å². The lowest BCUT2D eigenvalue weighted by molar-refractivity contribution is -0.122. The number of hydrogen-bond donors (Lipinski definition) is 1. The van der Waals surface area contributed by atoms with E-state index in [0.717, 1.165) is 60.5 Å². The van der Waals surface area contributed by atoms with Crippen LogP contribution in [0.1, 0.15) is 0 Å². The number of ether oxygens (including phenoxy) is 2. The van der Waals surface area contributed by atoms with Crippen molar-refractivity contribution in [2.45, 2.75) is 4.90 Å². The van der Waals surface area contributed by atoms with Crippen LogP contribution in [0.5, 0.6) is 5.75 Å². The summed E-state index contributed by atoms with van der Waals surface area (Å²) < 4.78 is 35.0. The lowest BCUT2D eigenvalue weighted by Gasteiger charge is -2.26. The topological polar surface area (TPSA) is 93.1 Å². The number of benzene rings is 3. The first-order chi connectivity index (χ1) is 15.4. The Morgan fingerprint density at radius 3 is 2.38 bits per heavy atom. The summed E-state index contributed by atoms with van der Waals surface area (Å²) in [6, 6.07) is 19.3. The standard InChI is InChI=1S/C23H25NO4S.CH2O2/c1-29(25,26)23-4-2-3-18(17-23)19-5-6-21-16-22(8-7-20(21)15-19)28-14-11-24-9-12-27-13-10-24;2-1-3/h2-8,15-17H,9-14H2,1H3;1H,(H,2,3). The van der Waals surface area contributed by atoms with E-state index in [1.54, 1.807) is 18.2 Å². The molecule has 8 heteroatoms. The summed E-state index contributed by atoms with van der Waals surface area (Å²) in [5.41, 5.74) is 1.88. The van der Waals surface area contributed by atoms with Gasteiger partial charge in [-0.25, -0.2) is 8.42 Å². The maximum Gasteiger partial charge on any atom is 0.290 e. The molecule has 0 bridgehead atoms. The van der Waals surface area contributed by atoms with Gasteiger partial charge in [-0.2, -0.15) is 0 Å². The van der Waals surface area contributed by atoms with Crippen LogP contribution in [0, 0.1) is 0 Å². The van der Waals surface area contributed by atoms with Crippen LogP contribution >= 0.6 is 0 Å². The molecular weight excluding hydrogens is 430 g/mol. The van der Waals surface area contributed by atoms with Gasteiger partial charge >= 0.3 is 0 Å². The Bertz CT molecular complexity index is 1160. The normalized spacial score (nSPS) is 14.4. The predicted molar refractivity (Wildman–Crippen MR) is 124 cm³/mol. The lowest BCUT2D eigenvalue weighted by Crippen LogP contribution is -2.38. The zero-order valence-electron chi connectivity index (χ0n) is 17.9. The third kappa shape index (κ3) is 6.53. The average Bonchev–Trinajstić information content (AvgIpc) is 2.79. The number of sulfone groups is 1. The average molecular weight is 458 g/mol. The third-order valence-electron chi connectivity index (χ3n) is 5.19. The number of fused-ring (bicyclic) bond motifs is 1. The highest BCUT2D eigenvalue weighted by molar-refractivity contribution is 7.90. The summed E-state index contributed by atoms with van der Waals surface area (Å²) in [5, 5.41) is 9.07. The zero-order valence-corrected chi connectivity index (χ0v) is 18.8. The van der Waals surface area contributed by atoms with Gasteiger partial charge in [0.25, 0.3) is 6.47 Å². The van der Waals surface area contributed by atoms with Gasteiger partial charge in [0.1, 0.15) is 12.4 Å². The van der Waals surface area contributed by atoms with E-state index < -0.39 is 9.84 Å². The molecular formula is C24H27NO6S. The first kappa shape index (κ1) is 23.7. The summed E-state index contributed by atoms with van der Waals surface area (Å²) in [5.74, 6) is 0.859. The van der Waals surface area contributed by atoms with Gasteiger partial charge in [-0.05, 0) is 52.2 Å². The number of rotatable bonds is 6. The Labute approximate surface area is 188 Å². The highest BCUT2D eigenvalue weighted by Crippen LogP contribution is 2.28. The predicted octanol–water partition coefficient (Wildman–Crippen LogP) is 3.32. The van der Waals surface area contributed by atoms with Crippen molar-refractivity contribution in [3.63, 3.8) is 0 Å². The fourth-order valence-electron chi connectivity index (χ4n) is 3.52. The van der Waals surface area contributed by atoms with Gasteiger partial charge < -0.3 is 14.6 Å². The van der Waals surface area contributed by atoms with Gasteiger partial charge in [-0.3, -0.25) is 9.69 Å². The van der Waals surface area contributed by atoms with E-state index in [1.165, 1.54) is 6.26 Å². The van der Waals surface area contributed by atoms with Gasteiger partial charge in [-0.1, -0.05) is 30.3 Å². The van der Waals surface area contributed by atoms with Crippen molar-refractivity contribution < 1.29 is 27.8 Å². The molecule has 1 fully saturated rings. The molecule has 0 spiro atoms. The molecule has 4 rings (SSSR count). The van der Waals surface area contributed by atoms with Crippen LogP contribution in [-0.2, 0) is 19.4 Å². The monoisotopic (exact) mass is 457 g/mol. The summed E-state index contributed by atoms with van der Waals surface area (Å²) >= 11 is 0. The highest BCUT2D eigenvalue weighted by Gasteiger charge is 2.11. The first-order valence-electron chi connectivity index (χ1n) is 10.3. The zero-order chi connectivity index (χ0) is 23.0. The van der Waals surface area contributed by atoms with Crippen LogP contribution < -0.4 is 4.74 Å². The molecule has 0 amide bonds. The largest absolute Gasteiger partial charge is 0.492 e. The molecule has 3 aromatic rings. The molecule has 0 saturated carbocycles. The third-order valence-corrected chi connectivity index (χ3v) is 6.30. The molecule has 1 saturated heterocycles. The number of carbonyl (C=O) groups is 1. The molecule has 0 radical (unpaired) electrons. The molecule has 1 aliphatic heterocycles. The summed E-state index contributed by atoms with van der Waals surface area (Å²) in [4.78, 5) is 11.0. The maximum absolute atomic E-state index is 11.8. The van der Waals surface area contributed by atoms with Crippen molar-refractivity contribution in [2.75, 3.05) is 45.7 Å². The van der Waals surface area contributed by atoms with E-state index in [2.05, 4.69) is 11.0 Å². The van der Waals surface area contributed by atoms with E-state index >= 15 is 0 Å². The minimum Gasteiger partial charge on any atom is -0.492 e. The number of hydrogen-bond acceptors (Lipinski definition) is 6. The smallest absolute Gasteiger partial charge is 0.290 e. The molecule has 0 aromatic heterocycles. The van der Waals surface area contributed by atoms with E-state index in [-0.39, 0.29) is 6.47 Å². The second kappa shape index (κ2) is 11.1. The number of nitrogens with zero attached hydrogens (tertiary/aromatic N) is 1. The molecule has 0 aliphatic carbocycles.